The maximum atomic E-state index is 5.80. The Bertz CT molecular complexity index is 323. The van der Waals surface area contributed by atoms with Crippen molar-refractivity contribution in [2.75, 3.05) is 32.8 Å². The fourth-order valence-electron chi connectivity index (χ4n) is 4.75. The average Bonchev–Trinajstić information content (AvgIpc) is 2.95. The summed E-state index contributed by atoms with van der Waals surface area (Å²) in [6.07, 6.45) is 9.98. The molecule has 0 aromatic carbocycles. The summed E-state index contributed by atoms with van der Waals surface area (Å²) >= 11 is 0. The second-order valence-corrected chi connectivity index (χ2v) is 8.06. The lowest BCUT2D eigenvalue weighted by molar-refractivity contribution is 0.0183. The zero-order chi connectivity index (χ0) is 14.7. The van der Waals surface area contributed by atoms with E-state index in [1.165, 1.54) is 58.0 Å². The molecule has 2 heterocycles. The number of piperidine rings is 1. The van der Waals surface area contributed by atoms with Crippen molar-refractivity contribution in [1.29, 1.82) is 0 Å². The van der Waals surface area contributed by atoms with Crippen LogP contribution in [0.15, 0.2) is 0 Å². The molecule has 3 heteroatoms. The van der Waals surface area contributed by atoms with E-state index in [-0.39, 0.29) is 0 Å². The van der Waals surface area contributed by atoms with E-state index in [0.717, 1.165) is 31.7 Å². The summed E-state index contributed by atoms with van der Waals surface area (Å²) < 4.78 is 5.80. The summed E-state index contributed by atoms with van der Waals surface area (Å²) in [5.41, 5.74) is 0.365. The standard InChI is InChI=1S/C18H34N2O/c1-15(2)19-12-18(9-11-21-14-18)13-20-10-5-7-16-6-3-4-8-17(16)20/h15-17,19H,3-14H2,1-2H3. The van der Waals surface area contributed by atoms with Gasteiger partial charge in [-0.3, -0.25) is 4.90 Å². The maximum Gasteiger partial charge on any atom is 0.0547 e. The Labute approximate surface area is 130 Å². The summed E-state index contributed by atoms with van der Waals surface area (Å²) in [7, 11) is 0. The lowest BCUT2D eigenvalue weighted by Gasteiger charge is -2.47. The monoisotopic (exact) mass is 294 g/mol. The van der Waals surface area contributed by atoms with Gasteiger partial charge in [-0.25, -0.2) is 0 Å². The van der Waals surface area contributed by atoms with Crippen LogP contribution < -0.4 is 5.32 Å². The molecule has 122 valence electrons. The number of likely N-dealkylation sites (tertiary alicyclic amines) is 1. The average molecular weight is 294 g/mol. The van der Waals surface area contributed by atoms with Crippen LogP contribution in [0.1, 0.15) is 58.8 Å². The Hall–Kier alpha value is -0.120. The number of hydrogen-bond donors (Lipinski definition) is 1. The Morgan fingerprint density at radius 3 is 2.76 bits per heavy atom. The van der Waals surface area contributed by atoms with E-state index < -0.39 is 0 Å². The number of hydrogen-bond acceptors (Lipinski definition) is 3. The zero-order valence-electron chi connectivity index (χ0n) is 14.1. The van der Waals surface area contributed by atoms with Crippen LogP contribution in [0.5, 0.6) is 0 Å². The fraction of sp³-hybridized carbons (Fsp3) is 1.00. The number of ether oxygens (including phenoxy) is 1. The summed E-state index contributed by atoms with van der Waals surface area (Å²) in [6, 6.07) is 1.45. The summed E-state index contributed by atoms with van der Waals surface area (Å²) in [5.74, 6) is 0.991. The molecule has 3 atom stereocenters. The van der Waals surface area contributed by atoms with Gasteiger partial charge in [0, 0.05) is 37.2 Å². The van der Waals surface area contributed by atoms with Crippen molar-refractivity contribution in [3.05, 3.63) is 0 Å². The van der Waals surface area contributed by atoms with Crippen molar-refractivity contribution >= 4 is 0 Å². The van der Waals surface area contributed by atoms with E-state index in [9.17, 15) is 0 Å². The molecule has 2 saturated heterocycles. The third kappa shape index (κ3) is 3.80. The molecular formula is C18H34N2O. The van der Waals surface area contributed by atoms with Crippen LogP contribution >= 0.6 is 0 Å². The first-order valence-corrected chi connectivity index (χ1v) is 9.24. The van der Waals surface area contributed by atoms with E-state index in [1.807, 2.05) is 0 Å². The fourth-order valence-corrected chi connectivity index (χ4v) is 4.75. The molecule has 3 aliphatic rings. The van der Waals surface area contributed by atoms with Gasteiger partial charge >= 0.3 is 0 Å². The van der Waals surface area contributed by atoms with E-state index in [2.05, 4.69) is 24.1 Å². The third-order valence-electron chi connectivity index (χ3n) is 5.97. The van der Waals surface area contributed by atoms with Gasteiger partial charge in [-0.05, 0) is 44.6 Å². The predicted molar refractivity (Wildman–Crippen MR) is 87.6 cm³/mol. The SMILES string of the molecule is CC(C)NCC1(CN2CCCC3CCCCC32)CCOC1. The van der Waals surface area contributed by atoms with Gasteiger partial charge < -0.3 is 10.1 Å². The quantitative estimate of drug-likeness (QED) is 0.843. The molecule has 2 aliphatic heterocycles. The van der Waals surface area contributed by atoms with Crippen molar-refractivity contribution in [2.45, 2.75) is 70.9 Å². The molecule has 3 nitrogen and oxygen atoms in total. The molecule has 1 N–H and O–H groups in total. The van der Waals surface area contributed by atoms with E-state index in [4.69, 9.17) is 4.74 Å². The summed E-state index contributed by atoms with van der Waals surface area (Å²) in [4.78, 5) is 2.85. The molecule has 3 unspecified atom stereocenters. The lowest BCUT2D eigenvalue weighted by atomic mass is 9.76. The van der Waals surface area contributed by atoms with Crippen molar-refractivity contribution in [3.63, 3.8) is 0 Å². The highest BCUT2D eigenvalue weighted by Crippen LogP contribution is 2.38. The Balaban J connectivity index is 1.64. The topological polar surface area (TPSA) is 24.5 Å². The van der Waals surface area contributed by atoms with Crippen LogP contribution in [-0.2, 0) is 4.74 Å². The first-order valence-electron chi connectivity index (χ1n) is 9.24. The van der Waals surface area contributed by atoms with Crippen molar-refractivity contribution in [2.24, 2.45) is 11.3 Å². The van der Waals surface area contributed by atoms with Crippen LogP contribution in [0.4, 0.5) is 0 Å². The van der Waals surface area contributed by atoms with Gasteiger partial charge in [-0.2, -0.15) is 0 Å². The highest BCUT2D eigenvalue weighted by Gasteiger charge is 2.41. The molecule has 0 aromatic heterocycles. The van der Waals surface area contributed by atoms with Crippen LogP contribution in [0.2, 0.25) is 0 Å². The van der Waals surface area contributed by atoms with Gasteiger partial charge in [-0.15, -0.1) is 0 Å². The second-order valence-electron chi connectivity index (χ2n) is 8.06. The molecule has 0 aromatic rings. The molecule has 0 spiro atoms. The number of rotatable bonds is 5. The van der Waals surface area contributed by atoms with Gasteiger partial charge in [0.1, 0.15) is 0 Å². The first kappa shape index (κ1) is 15.8. The van der Waals surface area contributed by atoms with Crippen LogP contribution in [0.3, 0.4) is 0 Å². The molecular weight excluding hydrogens is 260 g/mol. The Morgan fingerprint density at radius 1 is 1.19 bits per heavy atom. The van der Waals surface area contributed by atoms with Gasteiger partial charge in [0.05, 0.1) is 6.61 Å². The number of nitrogens with one attached hydrogen (secondary N) is 1. The largest absolute Gasteiger partial charge is 0.381 e. The van der Waals surface area contributed by atoms with Gasteiger partial charge in [0.15, 0.2) is 0 Å². The second kappa shape index (κ2) is 6.97. The summed E-state index contributed by atoms with van der Waals surface area (Å²) in [6.45, 7) is 10.1. The molecule has 0 amide bonds. The minimum atomic E-state index is 0.365. The normalized spacial score (nSPS) is 37.9. The predicted octanol–water partition coefficient (Wildman–Crippen LogP) is 3.05. The zero-order valence-corrected chi connectivity index (χ0v) is 14.1. The summed E-state index contributed by atoms with van der Waals surface area (Å²) in [5, 5.41) is 3.68. The van der Waals surface area contributed by atoms with Crippen molar-refractivity contribution < 1.29 is 4.74 Å². The highest BCUT2D eigenvalue weighted by molar-refractivity contribution is 4.94. The molecule has 0 radical (unpaired) electrons. The Kier molecular flexibility index (Phi) is 5.23. The van der Waals surface area contributed by atoms with Crippen LogP contribution in [0, 0.1) is 11.3 Å². The molecule has 0 bridgehead atoms. The first-order chi connectivity index (χ1) is 10.2. The van der Waals surface area contributed by atoms with Crippen LogP contribution in [-0.4, -0.2) is 49.8 Å². The van der Waals surface area contributed by atoms with Gasteiger partial charge in [-0.1, -0.05) is 26.7 Å². The Morgan fingerprint density at radius 2 is 2.00 bits per heavy atom. The van der Waals surface area contributed by atoms with E-state index in [0.29, 0.717) is 11.5 Å². The molecule has 21 heavy (non-hydrogen) atoms. The minimum Gasteiger partial charge on any atom is -0.381 e. The number of nitrogens with zero attached hydrogens (tertiary/aromatic N) is 1. The maximum absolute atomic E-state index is 5.80. The molecule has 1 aliphatic carbocycles. The van der Waals surface area contributed by atoms with Gasteiger partial charge in [0.25, 0.3) is 0 Å². The number of fused-ring (bicyclic) bond motifs is 1. The van der Waals surface area contributed by atoms with Crippen LogP contribution in [0.25, 0.3) is 0 Å². The van der Waals surface area contributed by atoms with Gasteiger partial charge in [0.2, 0.25) is 0 Å². The smallest absolute Gasteiger partial charge is 0.0547 e. The lowest BCUT2D eigenvalue weighted by Crippen LogP contribution is -2.53. The van der Waals surface area contributed by atoms with Crippen molar-refractivity contribution in [1.82, 2.24) is 10.2 Å². The van der Waals surface area contributed by atoms with E-state index >= 15 is 0 Å². The molecule has 1 saturated carbocycles. The third-order valence-corrected chi connectivity index (χ3v) is 5.97. The highest BCUT2D eigenvalue weighted by atomic mass is 16.5. The molecule has 3 fully saturated rings. The minimum absolute atomic E-state index is 0.365. The van der Waals surface area contributed by atoms with E-state index in [1.54, 1.807) is 0 Å². The molecule has 3 rings (SSSR count). The van der Waals surface area contributed by atoms with Crippen molar-refractivity contribution in [3.8, 4) is 0 Å².